The number of rotatable bonds is 7. The molecule has 1 fully saturated rings. The van der Waals surface area contributed by atoms with Gasteiger partial charge in [-0.25, -0.2) is 0 Å². The monoisotopic (exact) mass is 433 g/mol. The maximum atomic E-state index is 5.81. The number of hydrogen-bond acceptors (Lipinski definition) is 3. The fraction of sp³-hybridized carbons (Fsp3) is 0.360. The van der Waals surface area contributed by atoms with Gasteiger partial charge in [0.2, 0.25) is 0 Å². The van der Waals surface area contributed by atoms with Crippen LogP contribution in [-0.2, 0) is 0 Å². The lowest BCUT2D eigenvalue weighted by Crippen LogP contribution is -2.33. The lowest BCUT2D eigenvalue weighted by Gasteiger charge is -2.29. The topological polar surface area (TPSA) is 36.3 Å². The van der Waals surface area contributed by atoms with E-state index in [4.69, 9.17) is 12.2 Å². The average molecular weight is 434 g/mol. The van der Waals surface area contributed by atoms with Gasteiger partial charge in [-0.2, -0.15) is 0 Å². The number of nitrogens with one attached hydrogen (secondary N) is 1. The predicted molar refractivity (Wildman–Crippen MR) is 131 cm³/mol. The molecule has 1 N–H and O–H groups in total. The van der Waals surface area contributed by atoms with Gasteiger partial charge in [0, 0.05) is 30.3 Å². The molecule has 1 aliphatic heterocycles. The first kappa shape index (κ1) is 21.5. The fourth-order valence-electron chi connectivity index (χ4n) is 4.27. The number of aromatic nitrogens is 2. The first-order chi connectivity index (χ1) is 15.0. The van der Waals surface area contributed by atoms with Gasteiger partial charge in [0.15, 0.2) is 5.11 Å². The highest BCUT2D eigenvalue weighted by Gasteiger charge is 2.40. The van der Waals surface area contributed by atoms with E-state index in [-0.39, 0.29) is 12.1 Å². The van der Waals surface area contributed by atoms with Crippen LogP contribution in [-0.4, -0.2) is 51.6 Å². The molecule has 1 saturated heterocycles. The van der Waals surface area contributed by atoms with Gasteiger partial charge < -0.3 is 19.7 Å². The summed E-state index contributed by atoms with van der Waals surface area (Å²) in [4.78, 5) is 9.22. The third-order valence-electron chi connectivity index (χ3n) is 6.05. The van der Waals surface area contributed by atoms with E-state index in [2.05, 4.69) is 95.2 Å². The second-order valence-electron chi connectivity index (χ2n) is 8.55. The van der Waals surface area contributed by atoms with Crippen LogP contribution >= 0.6 is 12.2 Å². The summed E-state index contributed by atoms with van der Waals surface area (Å²) in [5.74, 6) is 0. The van der Waals surface area contributed by atoms with Crippen molar-refractivity contribution in [2.75, 3.05) is 27.2 Å². The van der Waals surface area contributed by atoms with Crippen LogP contribution in [0, 0.1) is 13.8 Å². The average Bonchev–Trinajstić information content (AvgIpc) is 3.35. The molecule has 31 heavy (non-hydrogen) atoms. The molecule has 0 aliphatic carbocycles. The first-order valence-corrected chi connectivity index (χ1v) is 11.2. The van der Waals surface area contributed by atoms with Crippen LogP contribution in [0.2, 0.25) is 0 Å². The van der Waals surface area contributed by atoms with Crippen LogP contribution < -0.4 is 5.32 Å². The molecule has 0 unspecified atom stereocenters. The third kappa shape index (κ3) is 4.50. The number of pyridine rings is 1. The summed E-state index contributed by atoms with van der Waals surface area (Å²) in [5, 5.41) is 4.36. The molecule has 2 atom stereocenters. The summed E-state index contributed by atoms with van der Waals surface area (Å²) < 4.78 is 2.29. The van der Waals surface area contributed by atoms with Crippen molar-refractivity contribution in [3.8, 4) is 5.69 Å². The number of thiocarbonyl (C=S) groups is 1. The molecule has 0 radical (unpaired) electrons. The Labute approximate surface area is 190 Å². The van der Waals surface area contributed by atoms with Crippen LogP contribution in [0.4, 0.5) is 0 Å². The minimum Gasteiger partial charge on any atom is -0.352 e. The van der Waals surface area contributed by atoms with E-state index in [9.17, 15) is 0 Å². The van der Waals surface area contributed by atoms with Gasteiger partial charge in [0.25, 0.3) is 0 Å². The Bertz CT molecular complexity index is 1040. The Morgan fingerprint density at radius 2 is 1.90 bits per heavy atom. The van der Waals surface area contributed by atoms with Crippen LogP contribution in [0.5, 0.6) is 0 Å². The van der Waals surface area contributed by atoms with Gasteiger partial charge >= 0.3 is 0 Å². The molecule has 1 aromatic carbocycles. The van der Waals surface area contributed by atoms with Gasteiger partial charge in [-0.3, -0.25) is 4.98 Å². The van der Waals surface area contributed by atoms with Crippen LogP contribution in [0.15, 0.2) is 60.9 Å². The summed E-state index contributed by atoms with van der Waals surface area (Å²) in [5.41, 5.74) is 6.00. The molecule has 3 heterocycles. The van der Waals surface area contributed by atoms with Gasteiger partial charge in [-0.05, 0) is 101 Å². The van der Waals surface area contributed by atoms with Gasteiger partial charge in [0.1, 0.15) is 0 Å². The fourth-order valence-corrected chi connectivity index (χ4v) is 4.60. The molecular formula is C25H31N5S. The highest BCUT2D eigenvalue weighted by molar-refractivity contribution is 7.80. The number of aryl methyl sites for hydroxylation is 2. The van der Waals surface area contributed by atoms with E-state index in [1.807, 2.05) is 18.3 Å². The lowest BCUT2D eigenvalue weighted by molar-refractivity contribution is 0.286. The normalized spacial score (nSPS) is 18.6. The summed E-state index contributed by atoms with van der Waals surface area (Å²) in [6, 6.07) is 17.1. The zero-order chi connectivity index (χ0) is 22.0. The smallest absolute Gasteiger partial charge is 0.170 e. The zero-order valence-electron chi connectivity index (χ0n) is 18.7. The Hall–Kier alpha value is -2.70. The molecule has 0 saturated carbocycles. The van der Waals surface area contributed by atoms with Crippen molar-refractivity contribution < 1.29 is 0 Å². The Kier molecular flexibility index (Phi) is 6.39. The van der Waals surface area contributed by atoms with E-state index in [0.717, 1.165) is 30.3 Å². The molecule has 5 nitrogen and oxygen atoms in total. The molecule has 0 spiro atoms. The lowest BCUT2D eigenvalue weighted by atomic mass is 10.0. The van der Waals surface area contributed by atoms with Crippen LogP contribution in [0.3, 0.4) is 0 Å². The van der Waals surface area contributed by atoms with Crippen molar-refractivity contribution in [3.05, 3.63) is 83.4 Å². The minimum atomic E-state index is 0.00764. The van der Waals surface area contributed by atoms with Crippen LogP contribution in [0.1, 0.15) is 41.0 Å². The van der Waals surface area contributed by atoms with Gasteiger partial charge in [-0.1, -0.05) is 12.1 Å². The molecule has 0 bridgehead atoms. The Morgan fingerprint density at radius 1 is 1.06 bits per heavy atom. The molecule has 2 aromatic heterocycles. The second-order valence-corrected chi connectivity index (χ2v) is 8.94. The van der Waals surface area contributed by atoms with Crippen molar-refractivity contribution in [3.63, 3.8) is 0 Å². The zero-order valence-corrected chi connectivity index (χ0v) is 19.6. The van der Waals surface area contributed by atoms with Crippen molar-refractivity contribution >= 4 is 17.3 Å². The van der Waals surface area contributed by atoms with Crippen molar-refractivity contribution in [2.45, 2.75) is 32.4 Å². The SMILES string of the molecule is Cc1ccc(-n2cccc2[C@H]2[C@@H](c3ccccn3)NC(=S)N2CCCN(C)C)cc1C. The number of hydrogen-bond donors (Lipinski definition) is 1. The van der Waals surface area contributed by atoms with E-state index in [1.54, 1.807) is 0 Å². The van der Waals surface area contributed by atoms with Crippen molar-refractivity contribution in [1.82, 2.24) is 24.7 Å². The summed E-state index contributed by atoms with van der Waals surface area (Å²) in [6.07, 6.45) is 5.05. The maximum absolute atomic E-state index is 5.81. The van der Waals surface area contributed by atoms with Crippen LogP contribution in [0.25, 0.3) is 5.69 Å². The summed E-state index contributed by atoms with van der Waals surface area (Å²) in [6.45, 7) is 6.24. The molecule has 6 heteroatoms. The largest absolute Gasteiger partial charge is 0.352 e. The molecule has 162 valence electrons. The molecule has 3 aromatic rings. The van der Waals surface area contributed by atoms with Crippen molar-refractivity contribution in [1.29, 1.82) is 0 Å². The van der Waals surface area contributed by atoms with E-state index >= 15 is 0 Å². The van der Waals surface area contributed by atoms with E-state index in [1.165, 1.54) is 22.5 Å². The standard InChI is InChI=1S/C25H31N5S/c1-18-11-12-20(17-19(18)2)29-15-7-10-22(29)24-23(21-9-5-6-13-26-21)27-25(31)30(24)16-8-14-28(3)4/h5-7,9-13,15,17,23-24H,8,14,16H2,1-4H3,(H,27,31)/t23-,24+/m1/s1. The minimum absolute atomic E-state index is 0.00764. The summed E-state index contributed by atoms with van der Waals surface area (Å²) in [7, 11) is 4.22. The molecule has 4 rings (SSSR count). The van der Waals surface area contributed by atoms with Gasteiger partial charge in [0.05, 0.1) is 17.8 Å². The van der Waals surface area contributed by atoms with Crippen molar-refractivity contribution in [2.24, 2.45) is 0 Å². The highest BCUT2D eigenvalue weighted by Crippen LogP contribution is 2.39. The summed E-state index contributed by atoms with van der Waals surface area (Å²) >= 11 is 5.81. The van der Waals surface area contributed by atoms with E-state index in [0.29, 0.717) is 0 Å². The second kappa shape index (κ2) is 9.20. The molecule has 0 amide bonds. The van der Waals surface area contributed by atoms with Gasteiger partial charge in [-0.15, -0.1) is 0 Å². The maximum Gasteiger partial charge on any atom is 0.170 e. The quantitative estimate of drug-likeness (QED) is 0.559. The Morgan fingerprint density at radius 3 is 2.61 bits per heavy atom. The third-order valence-corrected chi connectivity index (χ3v) is 6.41. The predicted octanol–water partition coefficient (Wildman–Crippen LogP) is 4.41. The van der Waals surface area contributed by atoms with E-state index < -0.39 is 0 Å². The number of nitrogens with zero attached hydrogens (tertiary/aromatic N) is 4. The Balaban J connectivity index is 1.74. The molecule has 1 aliphatic rings. The first-order valence-electron chi connectivity index (χ1n) is 10.8. The highest BCUT2D eigenvalue weighted by atomic mass is 32.1. The molecular weight excluding hydrogens is 402 g/mol. The number of benzene rings is 1.